The molecule has 0 fully saturated rings. The van der Waals surface area contributed by atoms with Gasteiger partial charge < -0.3 is 0 Å². The van der Waals surface area contributed by atoms with Crippen molar-refractivity contribution >= 4 is 35.2 Å². The average Bonchev–Trinajstić information content (AvgIpc) is 2.16. The predicted octanol–water partition coefficient (Wildman–Crippen LogP) is 3.07. The first-order valence-electron chi connectivity index (χ1n) is 5.22. The smallest absolute Gasteiger partial charge is 0.0152 e. The average molecular weight is 238 g/mol. The van der Waals surface area contributed by atoms with E-state index >= 15 is 0 Å². The summed E-state index contributed by atoms with van der Waals surface area (Å²) >= 11 is 0. The van der Waals surface area contributed by atoms with Gasteiger partial charge in [-0.15, -0.1) is 18.5 Å². The molecule has 0 heterocycles. The summed E-state index contributed by atoms with van der Waals surface area (Å²) < 4.78 is 0. The van der Waals surface area contributed by atoms with Crippen molar-refractivity contribution < 1.29 is 0 Å². The second kappa shape index (κ2) is 4.77. The molecule has 0 radical (unpaired) electrons. The quantitative estimate of drug-likeness (QED) is 0.695. The van der Waals surface area contributed by atoms with E-state index in [4.69, 9.17) is 0 Å². The fourth-order valence-corrected chi connectivity index (χ4v) is 3.30. The van der Waals surface area contributed by atoms with E-state index in [9.17, 15) is 0 Å². The molecule has 0 amide bonds. The Hall–Kier alpha value is -0.180. The van der Waals surface area contributed by atoms with Gasteiger partial charge in [0.15, 0.2) is 0 Å². The van der Waals surface area contributed by atoms with Crippen LogP contribution in [0.3, 0.4) is 0 Å². The third kappa shape index (κ3) is 2.17. The molecule has 0 saturated carbocycles. The van der Waals surface area contributed by atoms with E-state index in [0.29, 0.717) is 5.92 Å². The highest BCUT2D eigenvalue weighted by Gasteiger charge is 2.15. The molecule has 1 aromatic rings. The third-order valence-corrected chi connectivity index (χ3v) is 4.60. The summed E-state index contributed by atoms with van der Waals surface area (Å²) in [6, 6.07) is 0. The molecule has 0 aliphatic heterocycles. The van der Waals surface area contributed by atoms with Crippen LogP contribution in [-0.4, -0.2) is 0 Å². The topological polar surface area (TPSA) is 0 Å². The molecule has 0 aliphatic carbocycles. The first-order valence-corrected chi connectivity index (χ1v) is 6.37. The SMILES string of the molecule is C=Cc1c(C)c(C)c(C(C)C)c(P)c1P. The van der Waals surface area contributed by atoms with Crippen molar-refractivity contribution in [2.45, 2.75) is 33.6 Å². The van der Waals surface area contributed by atoms with Crippen LogP contribution < -0.4 is 10.6 Å². The van der Waals surface area contributed by atoms with E-state index < -0.39 is 0 Å². The number of benzene rings is 1. The molecule has 2 heteroatoms. The van der Waals surface area contributed by atoms with Gasteiger partial charge in [-0.25, -0.2) is 0 Å². The second-order valence-electron chi connectivity index (χ2n) is 4.26. The molecule has 15 heavy (non-hydrogen) atoms. The van der Waals surface area contributed by atoms with E-state index in [2.05, 4.69) is 52.8 Å². The van der Waals surface area contributed by atoms with Crippen LogP contribution in [0, 0.1) is 13.8 Å². The maximum atomic E-state index is 3.89. The number of rotatable bonds is 2. The Morgan fingerprint density at radius 3 is 2.00 bits per heavy atom. The minimum Gasteiger partial charge on any atom is -0.105 e. The van der Waals surface area contributed by atoms with Gasteiger partial charge in [0, 0.05) is 0 Å². The van der Waals surface area contributed by atoms with E-state index in [1.807, 2.05) is 6.08 Å². The maximum absolute atomic E-state index is 3.89. The van der Waals surface area contributed by atoms with Crippen LogP contribution >= 0.6 is 18.5 Å². The number of hydrogen-bond donors (Lipinski definition) is 0. The first kappa shape index (κ1) is 12.9. The summed E-state index contributed by atoms with van der Waals surface area (Å²) in [4.78, 5) is 0. The molecule has 0 spiro atoms. The Morgan fingerprint density at radius 1 is 1.07 bits per heavy atom. The standard InChI is InChI=1S/C13H20P2/c1-6-10-8(4)9(5)11(7(2)3)13(15)12(10)14/h6-7H,1,14-15H2,2-5H3. The van der Waals surface area contributed by atoms with Crippen LogP contribution in [0.15, 0.2) is 6.58 Å². The van der Waals surface area contributed by atoms with Gasteiger partial charge in [-0.1, -0.05) is 26.5 Å². The zero-order valence-corrected chi connectivity index (χ0v) is 12.3. The van der Waals surface area contributed by atoms with E-state index in [-0.39, 0.29) is 0 Å². The molecule has 0 bridgehead atoms. The van der Waals surface area contributed by atoms with E-state index in [0.717, 1.165) is 0 Å². The molecule has 0 nitrogen and oxygen atoms in total. The van der Waals surface area contributed by atoms with Crippen molar-refractivity contribution in [1.82, 2.24) is 0 Å². The Labute approximate surface area is 98.0 Å². The van der Waals surface area contributed by atoms with Crippen LogP contribution in [-0.2, 0) is 0 Å². The largest absolute Gasteiger partial charge is 0.105 e. The third-order valence-electron chi connectivity index (χ3n) is 3.02. The summed E-state index contributed by atoms with van der Waals surface area (Å²) in [5.41, 5.74) is 5.46. The lowest BCUT2D eigenvalue weighted by atomic mass is 9.91. The van der Waals surface area contributed by atoms with E-state index in [1.54, 1.807) is 0 Å². The minimum absolute atomic E-state index is 0.564. The second-order valence-corrected chi connectivity index (χ2v) is 5.42. The molecule has 0 N–H and O–H groups in total. The molecule has 1 rings (SSSR count). The van der Waals surface area contributed by atoms with Gasteiger partial charge in [0.1, 0.15) is 0 Å². The fraction of sp³-hybridized carbons (Fsp3) is 0.385. The van der Waals surface area contributed by atoms with Gasteiger partial charge in [0.2, 0.25) is 0 Å². The van der Waals surface area contributed by atoms with Gasteiger partial charge in [0.05, 0.1) is 0 Å². The Kier molecular flexibility index (Phi) is 4.10. The summed E-state index contributed by atoms with van der Waals surface area (Å²) in [6.45, 7) is 12.8. The summed E-state index contributed by atoms with van der Waals surface area (Å²) in [7, 11) is 5.70. The highest BCUT2D eigenvalue weighted by Crippen LogP contribution is 2.24. The van der Waals surface area contributed by atoms with Crippen LogP contribution in [0.25, 0.3) is 6.08 Å². The fourth-order valence-electron chi connectivity index (χ4n) is 2.11. The summed E-state index contributed by atoms with van der Waals surface area (Å²) in [5.74, 6) is 0.564. The lowest BCUT2D eigenvalue weighted by molar-refractivity contribution is 0.862. The minimum atomic E-state index is 0.564. The number of hydrogen-bond acceptors (Lipinski definition) is 0. The van der Waals surface area contributed by atoms with Crippen molar-refractivity contribution in [1.29, 1.82) is 0 Å². The van der Waals surface area contributed by atoms with Crippen LogP contribution in [0.4, 0.5) is 0 Å². The molecular weight excluding hydrogens is 218 g/mol. The molecule has 0 saturated heterocycles. The summed E-state index contributed by atoms with van der Waals surface area (Å²) in [5, 5.41) is 2.58. The maximum Gasteiger partial charge on any atom is -0.0152 e. The van der Waals surface area contributed by atoms with Crippen molar-refractivity contribution in [2.75, 3.05) is 0 Å². The zero-order valence-electron chi connectivity index (χ0n) is 10.0. The molecule has 82 valence electrons. The van der Waals surface area contributed by atoms with Crippen LogP contribution in [0.1, 0.15) is 42.0 Å². The van der Waals surface area contributed by atoms with Gasteiger partial charge in [-0.05, 0) is 52.6 Å². The van der Waals surface area contributed by atoms with Crippen molar-refractivity contribution in [3.8, 4) is 0 Å². The lowest BCUT2D eigenvalue weighted by Crippen LogP contribution is -2.23. The summed E-state index contributed by atoms with van der Waals surface area (Å²) in [6.07, 6.45) is 1.95. The van der Waals surface area contributed by atoms with Crippen LogP contribution in [0.5, 0.6) is 0 Å². The Bertz CT molecular complexity index is 374. The van der Waals surface area contributed by atoms with E-state index in [1.165, 1.54) is 32.9 Å². The molecule has 0 aromatic heterocycles. The van der Waals surface area contributed by atoms with Gasteiger partial charge >= 0.3 is 0 Å². The van der Waals surface area contributed by atoms with Crippen molar-refractivity contribution in [2.24, 2.45) is 0 Å². The monoisotopic (exact) mass is 238 g/mol. The molecular formula is C13H20P2. The Balaban J connectivity index is 3.66. The highest BCUT2D eigenvalue weighted by molar-refractivity contribution is 7.36. The molecule has 1 aromatic carbocycles. The zero-order chi connectivity index (χ0) is 11.7. The molecule has 0 aliphatic rings. The first-order chi connectivity index (χ1) is 6.91. The normalized spacial score (nSPS) is 10.9. The van der Waals surface area contributed by atoms with Crippen LogP contribution in [0.2, 0.25) is 0 Å². The van der Waals surface area contributed by atoms with Gasteiger partial charge in [-0.3, -0.25) is 0 Å². The lowest BCUT2D eigenvalue weighted by Gasteiger charge is -2.20. The highest BCUT2D eigenvalue weighted by atomic mass is 31.0. The Morgan fingerprint density at radius 2 is 1.60 bits per heavy atom. The molecule has 2 unspecified atom stereocenters. The predicted molar refractivity (Wildman–Crippen MR) is 78.8 cm³/mol. The molecule has 2 atom stereocenters. The van der Waals surface area contributed by atoms with Gasteiger partial charge in [0.25, 0.3) is 0 Å². The van der Waals surface area contributed by atoms with Gasteiger partial charge in [-0.2, -0.15) is 0 Å². The van der Waals surface area contributed by atoms with Crippen molar-refractivity contribution in [3.05, 3.63) is 28.8 Å². The van der Waals surface area contributed by atoms with Crippen molar-refractivity contribution in [3.63, 3.8) is 0 Å².